The number of methoxy groups -OCH3 is 1. The Morgan fingerprint density at radius 2 is 1.57 bits per heavy atom. The van der Waals surface area contributed by atoms with E-state index in [2.05, 4.69) is 25.4 Å². The highest BCUT2D eigenvalue weighted by molar-refractivity contribution is 9.10. The van der Waals surface area contributed by atoms with Crippen molar-refractivity contribution in [1.29, 1.82) is 0 Å². The van der Waals surface area contributed by atoms with Crippen molar-refractivity contribution in [3.63, 3.8) is 0 Å². The molecule has 3 rings (SSSR count). The van der Waals surface area contributed by atoms with Gasteiger partial charge in [0.2, 0.25) is 0 Å². The smallest absolute Gasteiger partial charge is 0.435 e. The summed E-state index contributed by atoms with van der Waals surface area (Å²) in [6, 6.07) is 17.8. The predicted molar refractivity (Wildman–Crippen MR) is 149 cm³/mol. The van der Waals surface area contributed by atoms with E-state index in [-0.39, 0.29) is 12.1 Å². The molecule has 204 valence electrons. The number of rotatable bonds is 5. The van der Waals surface area contributed by atoms with E-state index < -0.39 is 19.7 Å². The number of halogens is 7. The van der Waals surface area contributed by atoms with Crippen molar-refractivity contribution in [2.24, 2.45) is 0 Å². The number of carbonyl (C=O) groups is 2. The number of carbonyl (C=O) groups excluding carboxylic acids is 2. The maximum absolute atomic E-state index is 12.8. The summed E-state index contributed by atoms with van der Waals surface area (Å²) in [6.07, 6.45) is -1.02. The summed E-state index contributed by atoms with van der Waals surface area (Å²) in [5, 5.41) is 0. The number of cyclic esters (lactones) is 1. The molecule has 7 nitrogen and oxygen atoms in total. The van der Waals surface area contributed by atoms with Crippen molar-refractivity contribution in [3.8, 4) is 0 Å². The molecule has 14 heteroatoms. The fraction of sp³-hybridized carbons (Fsp3) is 0.391. The van der Waals surface area contributed by atoms with E-state index in [1.54, 1.807) is 12.0 Å². The molecule has 0 aromatic heterocycles. The van der Waals surface area contributed by atoms with Gasteiger partial charge in [0.25, 0.3) is 0 Å². The molecule has 0 bridgehead atoms. The molecule has 1 fully saturated rings. The first-order valence-electron chi connectivity index (χ1n) is 10.5. The first-order chi connectivity index (χ1) is 17.2. The summed E-state index contributed by atoms with van der Waals surface area (Å²) in [7, 11) is 1.63. The van der Waals surface area contributed by atoms with Gasteiger partial charge in [0.05, 0.1) is 12.6 Å². The predicted octanol–water partition coefficient (Wildman–Crippen LogP) is 8.69. The van der Waals surface area contributed by atoms with Gasteiger partial charge in [-0.25, -0.2) is 9.59 Å². The first kappa shape index (κ1) is 32.4. The summed E-state index contributed by atoms with van der Waals surface area (Å²) in [4.78, 5) is 25.1. The number of benzene rings is 2. The Hall–Kier alpha value is -0.840. The Kier molecular flexibility index (Phi) is 12.2. The topological polar surface area (TPSA) is 74.3 Å². The van der Waals surface area contributed by atoms with Gasteiger partial charge in [0.15, 0.2) is 5.60 Å². The quantitative estimate of drug-likeness (QED) is 0.230. The fourth-order valence-corrected chi connectivity index (χ4v) is 4.16. The highest BCUT2D eigenvalue weighted by atomic mass is 79.9. The van der Waals surface area contributed by atoms with Gasteiger partial charge in [-0.3, -0.25) is 0 Å². The molecule has 0 radical (unpaired) electrons. The van der Waals surface area contributed by atoms with Crippen molar-refractivity contribution in [3.05, 3.63) is 70.2 Å². The summed E-state index contributed by atoms with van der Waals surface area (Å²) < 4.78 is 15.8. The standard InChI is InChI=1S/C20H22BrNO3.C3Cl6O3/c1-15(16-8-10-18(21)11-9-16)22-13-12-20(14-24-2,25-19(22)23)17-6-4-3-5-7-17;4-2(5,6)11-1(10)12-3(7,8)9/h3-11,15H,12-14H2,1-2H3;/t15-,20+;/m0./s1. The normalized spacial score (nSPS) is 18.7. The van der Waals surface area contributed by atoms with Crippen molar-refractivity contribution < 1.29 is 28.5 Å². The zero-order valence-corrected chi connectivity index (χ0v) is 25.6. The number of alkyl halides is 6. The maximum atomic E-state index is 12.8. The van der Waals surface area contributed by atoms with E-state index in [1.165, 1.54) is 0 Å². The lowest BCUT2D eigenvalue weighted by atomic mass is 9.89. The van der Waals surface area contributed by atoms with Crippen LogP contribution in [0, 0.1) is 0 Å². The number of amides is 1. The van der Waals surface area contributed by atoms with Crippen LogP contribution in [0.5, 0.6) is 0 Å². The minimum absolute atomic E-state index is 0.0445. The highest BCUT2D eigenvalue weighted by Crippen LogP contribution is 2.37. The van der Waals surface area contributed by atoms with E-state index in [9.17, 15) is 9.59 Å². The van der Waals surface area contributed by atoms with E-state index >= 15 is 0 Å². The molecule has 0 aliphatic carbocycles. The average Bonchev–Trinajstić information content (AvgIpc) is 2.78. The molecule has 0 spiro atoms. The highest BCUT2D eigenvalue weighted by Gasteiger charge is 2.43. The van der Waals surface area contributed by atoms with Crippen LogP contribution in [0.25, 0.3) is 0 Å². The van der Waals surface area contributed by atoms with Crippen LogP contribution in [-0.4, -0.2) is 45.4 Å². The zero-order chi connectivity index (χ0) is 27.9. The SMILES string of the molecule is COC[C@@]1(c2ccccc2)CCN([C@@H](C)c2ccc(Br)cc2)C(=O)O1.O=C(OC(Cl)(Cl)Cl)OC(Cl)(Cl)Cl. The van der Waals surface area contributed by atoms with Crippen molar-refractivity contribution in [2.75, 3.05) is 20.3 Å². The summed E-state index contributed by atoms with van der Waals surface area (Å²) in [5.74, 6) is 0. The maximum Gasteiger partial charge on any atom is 0.515 e. The van der Waals surface area contributed by atoms with Gasteiger partial charge in [-0.05, 0) is 99.8 Å². The molecule has 1 heterocycles. The monoisotopic (exact) mass is 697 g/mol. The van der Waals surface area contributed by atoms with E-state index in [0.717, 1.165) is 15.6 Å². The third-order valence-corrected chi connectivity index (χ3v) is 6.16. The van der Waals surface area contributed by atoms with E-state index in [0.29, 0.717) is 19.6 Å². The van der Waals surface area contributed by atoms with Gasteiger partial charge in [0, 0.05) is 24.5 Å². The summed E-state index contributed by atoms with van der Waals surface area (Å²) >= 11 is 33.7. The molecule has 0 saturated carbocycles. The van der Waals surface area contributed by atoms with Gasteiger partial charge in [-0.2, -0.15) is 0 Å². The molecule has 1 saturated heterocycles. The van der Waals surface area contributed by atoms with Crippen LogP contribution in [0.4, 0.5) is 9.59 Å². The zero-order valence-electron chi connectivity index (χ0n) is 19.4. The second-order valence-corrected chi connectivity index (χ2v) is 12.9. The minimum atomic E-state index is -2.24. The van der Waals surface area contributed by atoms with Gasteiger partial charge in [-0.1, -0.05) is 58.4 Å². The molecule has 1 aliphatic heterocycles. The third kappa shape index (κ3) is 10.7. The summed E-state index contributed by atoms with van der Waals surface area (Å²) in [5.41, 5.74) is 1.34. The van der Waals surface area contributed by atoms with Crippen LogP contribution in [0.2, 0.25) is 0 Å². The lowest BCUT2D eigenvalue weighted by Crippen LogP contribution is -2.50. The van der Waals surface area contributed by atoms with Crippen LogP contribution >= 0.6 is 85.5 Å². The van der Waals surface area contributed by atoms with Crippen LogP contribution < -0.4 is 0 Å². The first-order valence-corrected chi connectivity index (χ1v) is 13.6. The Bertz CT molecular complexity index is 1020. The largest absolute Gasteiger partial charge is 0.515 e. The molecular formula is C23H22BrCl6NO6. The van der Waals surface area contributed by atoms with Crippen LogP contribution in [0.1, 0.15) is 30.5 Å². The number of ether oxygens (including phenoxy) is 4. The molecule has 1 amide bonds. The van der Waals surface area contributed by atoms with Crippen LogP contribution in [-0.2, 0) is 24.5 Å². The number of hydrogen-bond acceptors (Lipinski definition) is 6. The number of nitrogens with zero attached hydrogens (tertiary/aromatic N) is 1. The Morgan fingerprint density at radius 1 is 1.03 bits per heavy atom. The van der Waals surface area contributed by atoms with Gasteiger partial charge in [0.1, 0.15) is 0 Å². The number of hydrogen-bond donors (Lipinski definition) is 0. The van der Waals surface area contributed by atoms with Gasteiger partial charge >= 0.3 is 20.2 Å². The Morgan fingerprint density at radius 3 is 2.03 bits per heavy atom. The van der Waals surface area contributed by atoms with Crippen LogP contribution in [0.3, 0.4) is 0 Å². The minimum Gasteiger partial charge on any atom is -0.435 e. The Labute approximate surface area is 253 Å². The summed E-state index contributed by atoms with van der Waals surface area (Å²) in [6.45, 7) is 2.99. The molecule has 2 aromatic rings. The third-order valence-electron chi connectivity index (χ3n) is 5.17. The second-order valence-electron chi connectivity index (χ2n) is 7.68. The molecule has 2 aromatic carbocycles. The van der Waals surface area contributed by atoms with E-state index in [1.807, 2.05) is 61.5 Å². The van der Waals surface area contributed by atoms with Gasteiger partial charge in [-0.15, -0.1) is 0 Å². The van der Waals surface area contributed by atoms with Crippen molar-refractivity contribution in [2.45, 2.75) is 32.9 Å². The van der Waals surface area contributed by atoms with Crippen molar-refractivity contribution >= 4 is 97.8 Å². The Balaban J connectivity index is 0.000000341. The molecule has 1 aliphatic rings. The molecule has 0 unspecified atom stereocenters. The molecule has 2 atom stereocenters. The molecular weight excluding hydrogens is 679 g/mol. The lowest BCUT2D eigenvalue weighted by Gasteiger charge is -2.43. The van der Waals surface area contributed by atoms with Crippen molar-refractivity contribution in [1.82, 2.24) is 4.90 Å². The second kappa shape index (κ2) is 14.0. The van der Waals surface area contributed by atoms with Gasteiger partial charge < -0.3 is 23.8 Å². The fourth-order valence-electron chi connectivity index (χ4n) is 3.52. The van der Waals surface area contributed by atoms with Crippen LogP contribution in [0.15, 0.2) is 59.1 Å². The molecule has 37 heavy (non-hydrogen) atoms. The molecule has 0 N–H and O–H groups in total. The lowest BCUT2D eigenvalue weighted by molar-refractivity contribution is -0.0964. The van der Waals surface area contributed by atoms with E-state index in [4.69, 9.17) is 79.1 Å². The average molecular weight is 701 g/mol.